The van der Waals surface area contributed by atoms with Gasteiger partial charge in [-0.2, -0.15) is 13.2 Å². The van der Waals surface area contributed by atoms with Crippen molar-refractivity contribution in [3.63, 3.8) is 0 Å². The molecule has 9 nitrogen and oxygen atoms in total. The minimum Gasteiger partial charge on any atom is -0.508 e. The van der Waals surface area contributed by atoms with Gasteiger partial charge in [0.05, 0.1) is 5.56 Å². The molecule has 1 atom stereocenters. The molecule has 0 bridgehead atoms. The van der Waals surface area contributed by atoms with Gasteiger partial charge in [-0.15, -0.1) is 0 Å². The Hall–Kier alpha value is -3.22. The normalized spacial score (nSPS) is 17.0. The van der Waals surface area contributed by atoms with Crippen LogP contribution in [-0.2, 0) is 11.2 Å². The Morgan fingerprint density at radius 1 is 1.21 bits per heavy atom. The maximum atomic E-state index is 12.0. The highest BCUT2D eigenvalue weighted by Crippen LogP contribution is 2.42. The van der Waals surface area contributed by atoms with Crippen LogP contribution < -0.4 is 14.8 Å². The number of rotatable bonds is 6. The Kier molecular flexibility index (Phi) is 9.34. The Morgan fingerprint density at radius 3 is 2.47 bits per heavy atom. The van der Waals surface area contributed by atoms with Crippen molar-refractivity contribution in [2.75, 3.05) is 33.3 Å². The number of hydrogen-bond acceptors (Lipinski definition) is 7. The molecule has 208 valence electrons. The highest BCUT2D eigenvalue weighted by molar-refractivity contribution is 6.30. The number of carboxylic acids is 1. The molecular formula is C25H28ClF3N2O7. The Labute approximate surface area is 221 Å². The number of carboxylic acid groups (broad SMARTS) is 1. The van der Waals surface area contributed by atoms with Crippen LogP contribution in [0, 0.1) is 0 Å². The van der Waals surface area contributed by atoms with E-state index >= 15 is 0 Å². The molecule has 2 aromatic carbocycles. The maximum absolute atomic E-state index is 12.0. The molecule has 2 heterocycles. The molecular weight excluding hydrogens is 533 g/mol. The first kappa shape index (κ1) is 29.3. The van der Waals surface area contributed by atoms with Crippen molar-refractivity contribution in [3.8, 4) is 17.2 Å². The zero-order chi connectivity index (χ0) is 28.1. The lowest BCUT2D eigenvalue weighted by Gasteiger charge is -2.39. The zero-order valence-corrected chi connectivity index (χ0v) is 21.2. The number of halogens is 4. The fourth-order valence-corrected chi connectivity index (χ4v) is 4.51. The van der Waals surface area contributed by atoms with E-state index in [-0.39, 0.29) is 29.6 Å². The second-order valence-electron chi connectivity index (χ2n) is 9.04. The number of nitrogens with one attached hydrogen (secondary N) is 1. The summed E-state index contributed by atoms with van der Waals surface area (Å²) in [5, 5.41) is 30.6. The quantitative estimate of drug-likeness (QED) is 0.424. The van der Waals surface area contributed by atoms with Gasteiger partial charge in [0.1, 0.15) is 35.6 Å². The van der Waals surface area contributed by atoms with E-state index in [2.05, 4.69) is 10.2 Å². The molecule has 2 aromatic rings. The first-order chi connectivity index (χ1) is 17.8. The molecule has 0 unspecified atom stereocenters. The number of aliphatic hydroxyl groups excluding tert-OH is 1. The molecule has 2 aliphatic rings. The van der Waals surface area contributed by atoms with Crippen LogP contribution in [-0.4, -0.2) is 83.3 Å². The van der Waals surface area contributed by atoms with Gasteiger partial charge in [-0.1, -0.05) is 11.6 Å². The van der Waals surface area contributed by atoms with Gasteiger partial charge < -0.3 is 35.0 Å². The summed E-state index contributed by atoms with van der Waals surface area (Å²) in [6.45, 7) is 2.11. The highest BCUT2D eigenvalue weighted by atomic mass is 35.5. The van der Waals surface area contributed by atoms with Gasteiger partial charge in [0.2, 0.25) is 0 Å². The number of nitrogens with zero attached hydrogens (tertiary/aromatic N) is 1. The smallest absolute Gasteiger partial charge is 0.490 e. The second kappa shape index (κ2) is 12.1. The molecule has 1 amide bonds. The van der Waals surface area contributed by atoms with Crippen LogP contribution in [0.15, 0.2) is 36.4 Å². The molecule has 1 spiro atoms. The van der Waals surface area contributed by atoms with Crippen molar-refractivity contribution in [3.05, 3.63) is 52.5 Å². The van der Waals surface area contributed by atoms with Crippen molar-refractivity contribution >= 4 is 23.5 Å². The van der Waals surface area contributed by atoms with Gasteiger partial charge in [-0.3, -0.25) is 4.79 Å². The van der Waals surface area contributed by atoms with Crippen molar-refractivity contribution in [1.29, 1.82) is 0 Å². The summed E-state index contributed by atoms with van der Waals surface area (Å²) in [5.41, 5.74) is 1.28. The average Bonchev–Trinajstić information content (AvgIpc) is 3.20. The molecule has 0 aliphatic carbocycles. The van der Waals surface area contributed by atoms with Gasteiger partial charge in [-0.25, -0.2) is 4.79 Å². The van der Waals surface area contributed by atoms with Crippen LogP contribution in [0.3, 0.4) is 0 Å². The number of ether oxygens (including phenoxy) is 2. The topological polar surface area (TPSA) is 129 Å². The highest BCUT2D eigenvalue weighted by Gasteiger charge is 2.42. The minimum absolute atomic E-state index is 0.00248. The number of carbonyl (C=O) groups is 2. The van der Waals surface area contributed by atoms with E-state index in [0.29, 0.717) is 12.1 Å². The number of benzene rings is 2. The van der Waals surface area contributed by atoms with Gasteiger partial charge in [0.15, 0.2) is 0 Å². The molecule has 4 rings (SSSR count). The number of aliphatic hydroxyl groups is 1. The van der Waals surface area contributed by atoms with E-state index in [0.717, 1.165) is 48.7 Å². The monoisotopic (exact) mass is 560 g/mol. The SMILES string of the molecule is CNC(=O)c1ccc(O)cc1OC[C@H](O)CN1CCC2(CC1)Cc1cc(Cl)ccc1O2.O=C(O)C(F)(F)F. The van der Waals surface area contributed by atoms with Crippen LogP contribution in [0.5, 0.6) is 17.2 Å². The number of phenols is 1. The van der Waals surface area contributed by atoms with E-state index in [1.165, 1.54) is 25.2 Å². The Balaban J connectivity index is 0.000000505. The number of alkyl halides is 3. The van der Waals surface area contributed by atoms with E-state index in [4.69, 9.17) is 31.0 Å². The summed E-state index contributed by atoms with van der Waals surface area (Å²) < 4.78 is 43.7. The van der Waals surface area contributed by atoms with E-state index in [9.17, 15) is 28.2 Å². The summed E-state index contributed by atoms with van der Waals surface area (Å²) in [6, 6.07) is 10.1. The number of carbonyl (C=O) groups excluding carboxylic acids is 1. The predicted octanol–water partition coefficient (Wildman–Crippen LogP) is 3.25. The lowest BCUT2D eigenvalue weighted by Crippen LogP contribution is -2.49. The number of hydrogen-bond donors (Lipinski definition) is 4. The summed E-state index contributed by atoms with van der Waals surface area (Å²) in [7, 11) is 1.53. The third kappa shape index (κ3) is 7.65. The first-order valence-corrected chi connectivity index (χ1v) is 12.1. The summed E-state index contributed by atoms with van der Waals surface area (Å²) in [5.74, 6) is -1.91. The predicted molar refractivity (Wildman–Crippen MR) is 131 cm³/mol. The molecule has 0 saturated carbocycles. The molecule has 1 fully saturated rings. The number of amides is 1. The number of fused-ring (bicyclic) bond motifs is 1. The molecule has 13 heteroatoms. The number of likely N-dealkylation sites (tertiary alicyclic amines) is 1. The van der Waals surface area contributed by atoms with Crippen LogP contribution in [0.25, 0.3) is 0 Å². The van der Waals surface area contributed by atoms with Crippen LogP contribution in [0.2, 0.25) is 5.02 Å². The first-order valence-electron chi connectivity index (χ1n) is 11.7. The van der Waals surface area contributed by atoms with E-state index in [1.807, 2.05) is 18.2 Å². The largest absolute Gasteiger partial charge is 0.508 e. The molecule has 0 aromatic heterocycles. The molecule has 2 aliphatic heterocycles. The fraction of sp³-hybridized carbons (Fsp3) is 0.440. The van der Waals surface area contributed by atoms with E-state index in [1.54, 1.807) is 0 Å². The molecule has 1 saturated heterocycles. The lowest BCUT2D eigenvalue weighted by atomic mass is 9.87. The fourth-order valence-electron chi connectivity index (χ4n) is 4.31. The average molecular weight is 561 g/mol. The number of aromatic hydroxyl groups is 1. The number of phenolic OH excluding ortho intramolecular Hbond substituents is 1. The van der Waals surface area contributed by atoms with Gasteiger partial charge in [-0.05, 0) is 35.9 Å². The van der Waals surface area contributed by atoms with Crippen molar-refractivity contribution in [1.82, 2.24) is 10.2 Å². The second-order valence-corrected chi connectivity index (χ2v) is 9.48. The maximum Gasteiger partial charge on any atom is 0.490 e. The van der Waals surface area contributed by atoms with Gasteiger partial charge in [0, 0.05) is 57.0 Å². The summed E-state index contributed by atoms with van der Waals surface area (Å²) in [4.78, 5) is 23.1. The van der Waals surface area contributed by atoms with Crippen molar-refractivity contribution < 1.29 is 47.6 Å². The zero-order valence-electron chi connectivity index (χ0n) is 20.4. The van der Waals surface area contributed by atoms with Gasteiger partial charge >= 0.3 is 12.1 Å². The Bertz CT molecular complexity index is 1150. The van der Waals surface area contributed by atoms with Crippen LogP contribution in [0.1, 0.15) is 28.8 Å². The number of β-amino-alcohol motifs (C(OH)–C–C–N with tert-alkyl or cyclic N) is 1. The number of aliphatic carboxylic acids is 1. The Morgan fingerprint density at radius 2 is 1.87 bits per heavy atom. The summed E-state index contributed by atoms with van der Waals surface area (Å²) >= 11 is 6.11. The summed E-state index contributed by atoms with van der Waals surface area (Å²) in [6.07, 6.45) is -3.20. The van der Waals surface area contributed by atoms with Crippen molar-refractivity contribution in [2.45, 2.75) is 37.1 Å². The third-order valence-electron chi connectivity index (χ3n) is 6.21. The van der Waals surface area contributed by atoms with Crippen LogP contribution >= 0.6 is 11.6 Å². The van der Waals surface area contributed by atoms with Gasteiger partial charge in [0.25, 0.3) is 5.91 Å². The molecule has 4 N–H and O–H groups in total. The standard InChI is InChI=1S/C23H27ClN2O5.C2HF3O2/c1-25-22(29)19-4-3-17(27)11-21(19)30-14-18(28)13-26-8-6-23(7-9-26)12-15-10-16(24)2-5-20(15)31-23;3-2(4,5)1(6)7/h2-5,10-11,18,27-28H,6-9,12-14H2,1H3,(H,25,29);(H,6,7)/t18-;/m1./s1. The lowest BCUT2D eigenvalue weighted by molar-refractivity contribution is -0.192. The van der Waals surface area contributed by atoms with E-state index < -0.39 is 18.2 Å². The van der Waals surface area contributed by atoms with Crippen molar-refractivity contribution in [2.24, 2.45) is 0 Å². The third-order valence-corrected chi connectivity index (χ3v) is 6.44. The molecule has 38 heavy (non-hydrogen) atoms. The number of piperidine rings is 1. The minimum atomic E-state index is -5.08. The van der Waals surface area contributed by atoms with Crippen LogP contribution in [0.4, 0.5) is 13.2 Å². The molecule has 0 radical (unpaired) electrons.